The first-order valence-electron chi connectivity index (χ1n) is 7.35. The molecule has 3 aromatic rings. The minimum Gasteiger partial charge on any atom is -0.485 e. The van der Waals surface area contributed by atoms with Crippen LogP contribution in [0.25, 0.3) is 0 Å². The second-order valence-corrected chi connectivity index (χ2v) is 8.75. The summed E-state index contributed by atoms with van der Waals surface area (Å²) < 4.78 is 14.9. The van der Waals surface area contributed by atoms with Gasteiger partial charge in [0, 0.05) is 17.7 Å². The third-order valence-corrected chi connectivity index (χ3v) is 6.51. The molecule has 8 heteroatoms. The van der Waals surface area contributed by atoms with Crippen LogP contribution < -0.4 is 9.47 Å². The lowest BCUT2D eigenvalue weighted by atomic mass is 10.2. The zero-order valence-electron chi connectivity index (χ0n) is 12.8. The number of fused-ring (bicyclic) bond motifs is 1. The second-order valence-electron chi connectivity index (χ2n) is 5.26. The zero-order valence-corrected chi connectivity index (χ0v) is 16.0. The van der Waals surface area contributed by atoms with E-state index >= 15 is 0 Å². The number of thioether (sulfide) groups is 1. The maximum atomic E-state index is 6.02. The van der Waals surface area contributed by atoms with E-state index in [1.54, 1.807) is 23.1 Å². The fraction of sp³-hybridized carbons (Fsp3) is 0.250. The number of hydrogen-bond acceptors (Lipinski definition) is 6. The van der Waals surface area contributed by atoms with E-state index in [9.17, 15) is 0 Å². The first-order valence-corrected chi connectivity index (χ1v) is 9.95. The van der Waals surface area contributed by atoms with Gasteiger partial charge in [-0.2, -0.15) is 0 Å². The van der Waals surface area contributed by atoms with Crippen LogP contribution in [0.3, 0.4) is 0 Å². The minimum atomic E-state index is -0.248. The Morgan fingerprint density at radius 1 is 1.25 bits per heavy atom. The molecule has 0 saturated carbocycles. The van der Waals surface area contributed by atoms with Crippen molar-refractivity contribution in [3.8, 4) is 11.5 Å². The molecule has 0 N–H and O–H groups in total. The fourth-order valence-corrected chi connectivity index (χ4v) is 4.89. The predicted octanol–water partition coefficient (Wildman–Crippen LogP) is 4.44. The highest BCUT2D eigenvalue weighted by atomic mass is 79.9. The van der Waals surface area contributed by atoms with Gasteiger partial charge in [0.05, 0.1) is 3.79 Å². The van der Waals surface area contributed by atoms with Gasteiger partial charge in [-0.15, -0.1) is 21.5 Å². The van der Waals surface area contributed by atoms with E-state index in [1.807, 2.05) is 35.9 Å². The van der Waals surface area contributed by atoms with E-state index in [0.29, 0.717) is 6.61 Å². The highest BCUT2D eigenvalue weighted by Crippen LogP contribution is 2.36. The van der Waals surface area contributed by atoms with Gasteiger partial charge in [-0.05, 0) is 40.2 Å². The van der Waals surface area contributed by atoms with Crippen LogP contribution in [-0.4, -0.2) is 21.4 Å². The normalized spacial score (nSPS) is 16.3. The molecule has 4 rings (SSSR count). The van der Waals surface area contributed by atoms with Crippen molar-refractivity contribution < 1.29 is 9.47 Å². The van der Waals surface area contributed by atoms with Gasteiger partial charge in [0.2, 0.25) is 0 Å². The molecular formula is C16H14BrN3O2S2. The van der Waals surface area contributed by atoms with Gasteiger partial charge in [-0.3, -0.25) is 0 Å². The van der Waals surface area contributed by atoms with E-state index in [4.69, 9.17) is 9.47 Å². The Hall–Kier alpha value is -1.51. The van der Waals surface area contributed by atoms with Crippen molar-refractivity contribution in [3.05, 3.63) is 50.9 Å². The number of hydrogen-bond donors (Lipinski definition) is 0. The molecule has 124 valence electrons. The van der Waals surface area contributed by atoms with Crippen LogP contribution in [0.4, 0.5) is 0 Å². The van der Waals surface area contributed by atoms with Crippen molar-refractivity contribution >= 4 is 39.0 Å². The molecule has 24 heavy (non-hydrogen) atoms. The molecule has 0 radical (unpaired) electrons. The summed E-state index contributed by atoms with van der Waals surface area (Å²) >= 11 is 6.89. The van der Waals surface area contributed by atoms with Crippen LogP contribution in [0.15, 0.2) is 45.3 Å². The molecule has 2 aromatic heterocycles. The lowest BCUT2D eigenvalue weighted by molar-refractivity contribution is 0.0825. The Labute approximate surface area is 156 Å². The molecule has 5 nitrogen and oxygen atoms in total. The van der Waals surface area contributed by atoms with Crippen LogP contribution >= 0.6 is 39.0 Å². The Kier molecular flexibility index (Phi) is 4.51. The lowest BCUT2D eigenvalue weighted by Gasteiger charge is -2.25. The monoisotopic (exact) mass is 423 g/mol. The predicted molar refractivity (Wildman–Crippen MR) is 97.9 cm³/mol. The first-order chi connectivity index (χ1) is 11.7. The molecule has 1 aliphatic rings. The third kappa shape index (κ3) is 3.18. The number of para-hydroxylation sites is 2. The molecule has 0 bridgehead atoms. The summed E-state index contributed by atoms with van der Waals surface area (Å²) in [5.41, 5.74) is 0. The molecule has 1 unspecified atom stereocenters. The number of halogens is 1. The second kappa shape index (κ2) is 6.78. The largest absolute Gasteiger partial charge is 0.485 e. The highest BCUT2D eigenvalue weighted by molar-refractivity contribution is 9.11. The maximum absolute atomic E-state index is 6.02. The minimum absolute atomic E-state index is 0.248. The van der Waals surface area contributed by atoms with Gasteiger partial charge in [0.25, 0.3) is 0 Å². The molecule has 3 heterocycles. The van der Waals surface area contributed by atoms with Crippen molar-refractivity contribution in [3.63, 3.8) is 0 Å². The molecule has 1 aromatic carbocycles. The summed E-state index contributed by atoms with van der Waals surface area (Å²) in [7, 11) is 1.96. The smallest absolute Gasteiger partial charge is 0.192 e. The standard InChI is InChI=1S/C16H14BrN3O2S2/c1-20-15(13-8-21-11-4-2-3-5-12(11)22-13)18-19-16(20)23-9-10-6-7-14(17)24-10/h2-7,13H,8-9H2,1H3. The Balaban J connectivity index is 1.48. The highest BCUT2D eigenvalue weighted by Gasteiger charge is 2.27. The van der Waals surface area contributed by atoms with Crippen LogP contribution in [0, 0.1) is 0 Å². The van der Waals surface area contributed by atoms with E-state index in [-0.39, 0.29) is 6.10 Å². The van der Waals surface area contributed by atoms with Crippen LogP contribution in [-0.2, 0) is 12.8 Å². The first kappa shape index (κ1) is 16.0. The molecular weight excluding hydrogens is 410 g/mol. The lowest BCUT2D eigenvalue weighted by Crippen LogP contribution is -2.24. The Morgan fingerprint density at radius 2 is 2.08 bits per heavy atom. The summed E-state index contributed by atoms with van der Waals surface area (Å²) in [6, 6.07) is 11.9. The molecule has 0 aliphatic carbocycles. The summed E-state index contributed by atoms with van der Waals surface area (Å²) in [6.45, 7) is 0.436. The summed E-state index contributed by atoms with van der Waals surface area (Å²) in [5.74, 6) is 3.16. The van der Waals surface area contributed by atoms with Gasteiger partial charge in [0.15, 0.2) is 28.6 Å². The molecule has 0 saturated heterocycles. The summed E-state index contributed by atoms with van der Waals surface area (Å²) in [5, 5.41) is 9.49. The zero-order chi connectivity index (χ0) is 16.5. The summed E-state index contributed by atoms with van der Waals surface area (Å²) in [6.07, 6.45) is -0.248. The number of nitrogens with zero attached hydrogens (tertiary/aromatic N) is 3. The quantitative estimate of drug-likeness (QED) is 0.580. The van der Waals surface area contributed by atoms with Crippen molar-refractivity contribution in [2.24, 2.45) is 7.05 Å². The average Bonchev–Trinajstić information content (AvgIpc) is 3.18. The van der Waals surface area contributed by atoms with Crippen molar-refractivity contribution in [1.82, 2.24) is 14.8 Å². The average molecular weight is 424 g/mol. The Bertz CT molecular complexity index is 865. The Morgan fingerprint density at radius 3 is 2.88 bits per heavy atom. The number of ether oxygens (including phenoxy) is 2. The number of rotatable bonds is 4. The number of benzene rings is 1. The van der Waals surface area contributed by atoms with Crippen LogP contribution in [0.5, 0.6) is 11.5 Å². The molecule has 0 fully saturated rings. The van der Waals surface area contributed by atoms with Gasteiger partial charge < -0.3 is 14.0 Å². The topological polar surface area (TPSA) is 49.2 Å². The molecule has 0 spiro atoms. The molecule has 1 aliphatic heterocycles. The van der Waals surface area contributed by atoms with Crippen molar-refractivity contribution in [2.45, 2.75) is 17.0 Å². The molecule has 0 amide bonds. The SMILES string of the molecule is Cn1c(SCc2ccc(Br)s2)nnc1C1COc2ccccc2O1. The summed E-state index contributed by atoms with van der Waals surface area (Å²) in [4.78, 5) is 1.29. The maximum Gasteiger partial charge on any atom is 0.192 e. The van der Waals surface area contributed by atoms with Crippen molar-refractivity contribution in [2.75, 3.05) is 6.61 Å². The van der Waals surface area contributed by atoms with Crippen molar-refractivity contribution in [1.29, 1.82) is 0 Å². The van der Waals surface area contributed by atoms with Crippen LogP contribution in [0.2, 0.25) is 0 Å². The fourth-order valence-electron chi connectivity index (χ4n) is 2.44. The van der Waals surface area contributed by atoms with Gasteiger partial charge >= 0.3 is 0 Å². The van der Waals surface area contributed by atoms with E-state index in [1.165, 1.54) is 4.88 Å². The van der Waals surface area contributed by atoms with Gasteiger partial charge in [-0.1, -0.05) is 23.9 Å². The number of thiophene rings is 1. The van der Waals surface area contributed by atoms with Gasteiger partial charge in [-0.25, -0.2) is 0 Å². The van der Waals surface area contributed by atoms with E-state index in [2.05, 4.69) is 38.3 Å². The number of aromatic nitrogens is 3. The molecule has 1 atom stereocenters. The van der Waals surface area contributed by atoms with Crippen LogP contribution in [0.1, 0.15) is 16.8 Å². The van der Waals surface area contributed by atoms with Gasteiger partial charge in [0.1, 0.15) is 6.61 Å². The van der Waals surface area contributed by atoms with E-state index < -0.39 is 0 Å². The van der Waals surface area contributed by atoms with E-state index in [0.717, 1.165) is 32.0 Å². The third-order valence-electron chi connectivity index (χ3n) is 3.64.